The monoisotopic (exact) mass is 417 g/mol. The summed E-state index contributed by atoms with van der Waals surface area (Å²) in [6.07, 6.45) is -1.95. The van der Waals surface area contributed by atoms with Gasteiger partial charge in [0, 0.05) is 22.9 Å². The largest absolute Gasteiger partial charge is 0.491 e. The van der Waals surface area contributed by atoms with Crippen molar-refractivity contribution in [2.45, 2.75) is 31.2 Å². The predicted octanol–water partition coefficient (Wildman–Crippen LogP) is 4.78. The molecule has 1 aliphatic carbocycles. The highest BCUT2D eigenvalue weighted by atomic mass is 19.4. The number of fused-ring (bicyclic) bond motifs is 3. The maximum Gasteiger partial charge on any atom is 0.425 e. The molecule has 1 heterocycles. The van der Waals surface area contributed by atoms with Crippen LogP contribution in [-0.4, -0.2) is 33.6 Å². The minimum atomic E-state index is -4.97. The predicted molar refractivity (Wildman–Crippen MR) is 104 cm³/mol. The van der Waals surface area contributed by atoms with Crippen molar-refractivity contribution < 1.29 is 23.0 Å². The van der Waals surface area contributed by atoms with Gasteiger partial charge in [-0.15, -0.1) is 0 Å². The summed E-state index contributed by atoms with van der Waals surface area (Å²) in [5, 5.41) is 20.5. The van der Waals surface area contributed by atoms with Gasteiger partial charge in [-0.2, -0.15) is 23.2 Å². The van der Waals surface area contributed by atoms with Crippen LogP contribution in [-0.2, 0) is 5.60 Å². The Hall–Kier alpha value is -3.20. The summed E-state index contributed by atoms with van der Waals surface area (Å²) in [6.45, 7) is 2.95. The summed E-state index contributed by atoms with van der Waals surface area (Å²) in [5.74, 6) is 0.0807. The molecule has 4 rings (SSSR count). The number of benzene rings is 2. The van der Waals surface area contributed by atoms with Gasteiger partial charge >= 0.3 is 6.18 Å². The summed E-state index contributed by atoms with van der Waals surface area (Å²) >= 11 is 0. The van der Waals surface area contributed by atoms with Crippen molar-refractivity contribution >= 4 is 0 Å². The van der Waals surface area contributed by atoms with E-state index in [1.165, 1.54) is 24.4 Å². The molecule has 156 valence electrons. The number of hydrogen-bond donors (Lipinski definition) is 2. The standard InChI is InChI=1S/C21H18F3N3O3/c1-19(2,27-29)11-30-13-7-15(12-9-25-26-10-12)18-14-5-3-4-6-16(14)20(28,17(18)8-13)21(22,23)24/h3-10,28H,11H2,1-2H3,(H,25,26). The van der Waals surface area contributed by atoms with Gasteiger partial charge in [-0.05, 0) is 42.7 Å². The van der Waals surface area contributed by atoms with Crippen molar-refractivity contribution in [1.29, 1.82) is 0 Å². The number of nitroso groups, excluding NO2 is 1. The molecule has 2 N–H and O–H groups in total. The Labute approximate surface area is 169 Å². The van der Waals surface area contributed by atoms with E-state index in [0.29, 0.717) is 11.1 Å². The van der Waals surface area contributed by atoms with Crippen molar-refractivity contribution in [2.24, 2.45) is 5.18 Å². The van der Waals surface area contributed by atoms with Gasteiger partial charge in [0.1, 0.15) is 17.9 Å². The number of rotatable bonds is 5. The first-order valence-corrected chi connectivity index (χ1v) is 9.12. The lowest BCUT2D eigenvalue weighted by Gasteiger charge is -2.29. The van der Waals surface area contributed by atoms with Gasteiger partial charge in [0.05, 0.1) is 6.20 Å². The number of halogens is 3. The number of aromatic amines is 1. The summed E-state index contributed by atoms with van der Waals surface area (Å²) in [7, 11) is 0. The minimum absolute atomic E-state index is 0.0807. The van der Waals surface area contributed by atoms with E-state index in [1.54, 1.807) is 38.2 Å². The summed E-state index contributed by atoms with van der Waals surface area (Å²) in [4.78, 5) is 10.9. The van der Waals surface area contributed by atoms with Gasteiger partial charge in [-0.1, -0.05) is 29.4 Å². The van der Waals surface area contributed by atoms with Crippen molar-refractivity contribution in [3.8, 4) is 28.0 Å². The number of ether oxygens (including phenoxy) is 1. The van der Waals surface area contributed by atoms with Crippen LogP contribution in [0.15, 0.2) is 54.0 Å². The maximum atomic E-state index is 14.2. The first-order valence-electron chi connectivity index (χ1n) is 9.12. The molecular formula is C21H18F3N3O3. The van der Waals surface area contributed by atoms with Crippen LogP contribution in [0.1, 0.15) is 25.0 Å². The maximum absolute atomic E-state index is 14.2. The molecule has 0 saturated carbocycles. The third-order valence-electron chi connectivity index (χ3n) is 5.15. The summed E-state index contributed by atoms with van der Waals surface area (Å²) < 4.78 is 48.1. The van der Waals surface area contributed by atoms with Gasteiger partial charge < -0.3 is 9.84 Å². The normalized spacial score (nSPS) is 18.1. The molecule has 0 spiro atoms. The fourth-order valence-electron chi connectivity index (χ4n) is 3.65. The third-order valence-corrected chi connectivity index (χ3v) is 5.15. The van der Waals surface area contributed by atoms with Crippen LogP contribution in [0.25, 0.3) is 22.3 Å². The zero-order valence-electron chi connectivity index (χ0n) is 16.1. The second kappa shape index (κ2) is 6.66. The van der Waals surface area contributed by atoms with Crippen molar-refractivity contribution in [2.75, 3.05) is 6.61 Å². The molecule has 0 radical (unpaired) electrons. The van der Waals surface area contributed by atoms with E-state index < -0.39 is 17.3 Å². The lowest BCUT2D eigenvalue weighted by atomic mass is 9.89. The highest BCUT2D eigenvalue weighted by molar-refractivity contribution is 5.93. The molecule has 0 saturated heterocycles. The Morgan fingerprint density at radius 2 is 1.90 bits per heavy atom. The number of aromatic nitrogens is 2. The topological polar surface area (TPSA) is 87.6 Å². The lowest BCUT2D eigenvalue weighted by Crippen LogP contribution is -2.41. The number of hydrogen-bond acceptors (Lipinski definition) is 5. The van der Waals surface area contributed by atoms with E-state index in [4.69, 9.17) is 4.74 Å². The Kier molecular flexibility index (Phi) is 4.46. The number of H-pyrrole nitrogens is 1. The number of nitrogens with zero attached hydrogens (tertiary/aromatic N) is 2. The van der Waals surface area contributed by atoms with Crippen molar-refractivity contribution in [3.63, 3.8) is 0 Å². The molecule has 6 nitrogen and oxygen atoms in total. The molecule has 2 aromatic carbocycles. The van der Waals surface area contributed by atoms with Gasteiger partial charge in [-0.25, -0.2) is 0 Å². The van der Waals surface area contributed by atoms with Crippen molar-refractivity contribution in [3.05, 3.63) is 64.8 Å². The zero-order chi connectivity index (χ0) is 21.7. The van der Waals surface area contributed by atoms with Crippen LogP contribution in [0.4, 0.5) is 13.2 Å². The van der Waals surface area contributed by atoms with E-state index >= 15 is 0 Å². The molecule has 1 aromatic heterocycles. The van der Waals surface area contributed by atoms with Crippen LogP contribution in [0.3, 0.4) is 0 Å². The van der Waals surface area contributed by atoms with Gasteiger partial charge in [0.2, 0.25) is 5.60 Å². The Balaban J connectivity index is 1.98. The number of aliphatic hydroxyl groups is 1. The second-order valence-corrected chi connectivity index (χ2v) is 7.83. The van der Waals surface area contributed by atoms with Gasteiger partial charge in [0.25, 0.3) is 0 Å². The number of alkyl halides is 3. The highest BCUT2D eigenvalue weighted by Gasteiger charge is 2.61. The fourth-order valence-corrected chi connectivity index (χ4v) is 3.65. The minimum Gasteiger partial charge on any atom is -0.491 e. The molecular weight excluding hydrogens is 399 g/mol. The molecule has 30 heavy (non-hydrogen) atoms. The Morgan fingerprint density at radius 1 is 1.17 bits per heavy atom. The highest BCUT2D eigenvalue weighted by Crippen LogP contribution is 2.58. The van der Waals surface area contributed by atoms with E-state index in [1.807, 2.05) is 0 Å². The molecule has 1 aliphatic rings. The third kappa shape index (κ3) is 2.97. The van der Waals surface area contributed by atoms with E-state index in [0.717, 1.165) is 0 Å². The van der Waals surface area contributed by atoms with Gasteiger partial charge in [-0.3, -0.25) is 5.10 Å². The Morgan fingerprint density at radius 3 is 2.53 bits per heavy atom. The second-order valence-electron chi connectivity index (χ2n) is 7.83. The van der Waals surface area contributed by atoms with Crippen LogP contribution in [0.2, 0.25) is 0 Å². The van der Waals surface area contributed by atoms with Crippen molar-refractivity contribution in [1.82, 2.24) is 10.2 Å². The van der Waals surface area contributed by atoms with Crippen LogP contribution in [0.5, 0.6) is 5.75 Å². The Bertz CT molecular complexity index is 1110. The SMILES string of the molecule is CC(C)(COc1cc(-c2cn[nH]c2)c2c(c1)C(O)(C(F)(F)F)c1ccccc1-2)N=O. The first-order chi connectivity index (χ1) is 14.1. The molecule has 0 fully saturated rings. The zero-order valence-corrected chi connectivity index (χ0v) is 16.1. The van der Waals surface area contributed by atoms with Gasteiger partial charge in [0.15, 0.2) is 0 Å². The van der Waals surface area contributed by atoms with Crippen LogP contribution < -0.4 is 4.74 Å². The molecule has 1 atom stereocenters. The average Bonchev–Trinajstić information content (AvgIpc) is 3.33. The fraction of sp³-hybridized carbons (Fsp3) is 0.286. The molecule has 3 aromatic rings. The van der Waals surface area contributed by atoms with Crippen LogP contribution in [0, 0.1) is 4.91 Å². The summed E-state index contributed by atoms with van der Waals surface area (Å²) in [5.41, 5.74) is -3.36. The van der Waals surface area contributed by atoms with E-state index in [9.17, 15) is 23.2 Å². The van der Waals surface area contributed by atoms with E-state index in [-0.39, 0.29) is 34.6 Å². The number of nitrogens with one attached hydrogen (secondary N) is 1. The van der Waals surface area contributed by atoms with E-state index in [2.05, 4.69) is 15.4 Å². The lowest BCUT2D eigenvalue weighted by molar-refractivity contribution is -0.246. The molecule has 1 unspecified atom stereocenters. The smallest absolute Gasteiger partial charge is 0.425 e. The average molecular weight is 417 g/mol. The molecule has 0 aliphatic heterocycles. The summed E-state index contributed by atoms with van der Waals surface area (Å²) in [6, 6.07) is 8.63. The first kappa shape index (κ1) is 20.1. The molecule has 9 heteroatoms. The molecule has 0 amide bonds. The van der Waals surface area contributed by atoms with Crippen LogP contribution >= 0.6 is 0 Å². The quantitative estimate of drug-likeness (QED) is 0.585. The molecule has 0 bridgehead atoms.